The number of benzene rings is 1. The van der Waals surface area contributed by atoms with Gasteiger partial charge in [0.05, 0.1) is 24.8 Å². The number of aliphatic carboxylic acids is 1. The number of halogens is 6. The van der Waals surface area contributed by atoms with Gasteiger partial charge in [0.15, 0.2) is 0 Å². The fourth-order valence-corrected chi connectivity index (χ4v) is 3.99. The average molecular weight is 717 g/mol. The molecular weight excluding hydrogens is 682 g/mol. The molecule has 274 valence electrons. The van der Waals surface area contributed by atoms with E-state index < -0.39 is 97.1 Å². The first kappa shape index (κ1) is 40.3. The number of aliphatic hydroxyl groups is 1. The molecule has 0 saturated heterocycles. The molecule has 0 fully saturated rings. The molecule has 49 heavy (non-hydrogen) atoms. The van der Waals surface area contributed by atoms with Crippen LogP contribution in [0.1, 0.15) is 26.7 Å². The van der Waals surface area contributed by atoms with Crippen molar-refractivity contribution in [1.82, 2.24) is 21.3 Å². The minimum atomic E-state index is -6.05. The van der Waals surface area contributed by atoms with Crippen LogP contribution in [0.25, 0.3) is 0 Å². The molecule has 22 heteroatoms. The minimum Gasteiger partial charge on any atom is -0.486 e. The molecule has 8 N–H and O–H groups in total. The SMILES string of the molecule is C[C@H]1Oc2ccc(F)cc2N(CCOC(=O)NCCNC(=O)[C@@H](N)CCC(=O)O)C(=O)[C@H]1NC(=O)[C@@](C)(O)C(=O)NCC(F)(F)C(F)(F)F. The Morgan fingerprint density at radius 1 is 1.06 bits per heavy atom. The van der Waals surface area contributed by atoms with Crippen LogP contribution in [0, 0.1) is 5.82 Å². The van der Waals surface area contributed by atoms with Gasteiger partial charge in [0, 0.05) is 25.6 Å². The molecule has 1 aliphatic heterocycles. The zero-order valence-electron chi connectivity index (χ0n) is 25.9. The second kappa shape index (κ2) is 16.5. The zero-order chi connectivity index (χ0) is 37.3. The summed E-state index contributed by atoms with van der Waals surface area (Å²) in [5.74, 6) is -12.8. The van der Waals surface area contributed by atoms with E-state index in [1.54, 1.807) is 0 Å². The Bertz CT molecular complexity index is 1410. The van der Waals surface area contributed by atoms with E-state index in [9.17, 15) is 60.2 Å². The van der Waals surface area contributed by atoms with Crippen LogP contribution in [-0.2, 0) is 28.7 Å². The van der Waals surface area contributed by atoms with Crippen molar-refractivity contribution >= 4 is 41.4 Å². The Morgan fingerprint density at radius 2 is 1.69 bits per heavy atom. The molecule has 0 saturated carbocycles. The Kier molecular flexibility index (Phi) is 13.6. The third kappa shape index (κ3) is 11.1. The van der Waals surface area contributed by atoms with Gasteiger partial charge in [0.25, 0.3) is 17.7 Å². The highest BCUT2D eigenvalue weighted by Crippen LogP contribution is 2.35. The molecule has 4 atom stereocenters. The van der Waals surface area contributed by atoms with Crippen molar-refractivity contribution < 1.29 is 74.8 Å². The smallest absolute Gasteiger partial charge is 0.455 e. The first-order chi connectivity index (χ1) is 22.6. The Morgan fingerprint density at radius 3 is 2.31 bits per heavy atom. The summed E-state index contributed by atoms with van der Waals surface area (Å²) in [6, 6.07) is 0.102. The Balaban J connectivity index is 2.07. The molecule has 1 aromatic carbocycles. The van der Waals surface area contributed by atoms with Gasteiger partial charge in [-0.25, -0.2) is 9.18 Å². The number of rotatable bonds is 15. The number of anilines is 1. The van der Waals surface area contributed by atoms with Gasteiger partial charge >= 0.3 is 24.2 Å². The van der Waals surface area contributed by atoms with Crippen molar-refractivity contribution in [3.8, 4) is 5.75 Å². The molecule has 2 rings (SSSR count). The third-order valence-electron chi connectivity index (χ3n) is 6.83. The van der Waals surface area contributed by atoms with Crippen molar-refractivity contribution in [1.29, 1.82) is 0 Å². The molecule has 0 aromatic heterocycles. The molecule has 0 aliphatic carbocycles. The largest absolute Gasteiger partial charge is 0.486 e. The maximum Gasteiger partial charge on any atom is 0.455 e. The quantitative estimate of drug-likeness (QED) is 0.0696. The van der Waals surface area contributed by atoms with Gasteiger partial charge in [-0.2, -0.15) is 22.0 Å². The number of hydrogen-bond acceptors (Lipinski definition) is 10. The van der Waals surface area contributed by atoms with Crippen LogP contribution in [-0.4, -0.2) is 115 Å². The minimum absolute atomic E-state index is 0.0976. The highest BCUT2D eigenvalue weighted by atomic mass is 19.4. The highest BCUT2D eigenvalue weighted by molar-refractivity contribution is 6.10. The number of carboxylic acids is 1. The number of ether oxygens (including phenoxy) is 2. The van der Waals surface area contributed by atoms with Gasteiger partial charge in [-0.3, -0.25) is 24.0 Å². The third-order valence-corrected chi connectivity index (χ3v) is 6.83. The maximum atomic E-state index is 14.2. The summed E-state index contributed by atoms with van der Waals surface area (Å²) < 4.78 is 88.7. The lowest BCUT2D eigenvalue weighted by Gasteiger charge is -2.29. The van der Waals surface area contributed by atoms with Crippen LogP contribution < -0.4 is 36.6 Å². The number of carboxylic acid groups (broad SMARTS) is 1. The lowest BCUT2D eigenvalue weighted by atomic mass is 10.0. The standard InChI is InChI=1S/C27H34F6N6O10/c1-13-19(38-23(45)25(2,47)22(44)37-12-26(29,30)27(31,32)33)21(43)39(16-11-14(28)3-5-17(16)49-13)9-10-48-24(46)36-8-7-35-20(42)15(34)4-6-18(40)41/h3,5,11,13,15,19,47H,4,6-10,12,34H2,1-2H3,(H,35,42)(H,36,46)(H,37,44)(H,38,45)(H,40,41)/t13-,15+,19+,25+/m1/s1. The van der Waals surface area contributed by atoms with Gasteiger partial charge in [0.2, 0.25) is 11.5 Å². The van der Waals surface area contributed by atoms with Gasteiger partial charge < -0.3 is 51.6 Å². The van der Waals surface area contributed by atoms with Crippen molar-refractivity contribution in [3.05, 3.63) is 24.0 Å². The second-order valence-electron chi connectivity index (χ2n) is 10.7. The number of carbonyl (C=O) groups excluding carboxylic acids is 5. The number of nitrogens with two attached hydrogens (primary N) is 1. The fourth-order valence-electron chi connectivity index (χ4n) is 3.99. The van der Waals surface area contributed by atoms with Gasteiger partial charge in [0.1, 0.15) is 30.3 Å². The van der Waals surface area contributed by atoms with Gasteiger partial charge in [-0.15, -0.1) is 0 Å². The van der Waals surface area contributed by atoms with Crippen LogP contribution >= 0.6 is 0 Å². The van der Waals surface area contributed by atoms with E-state index in [-0.39, 0.29) is 37.4 Å². The van der Waals surface area contributed by atoms with E-state index in [1.165, 1.54) is 6.92 Å². The predicted octanol–water partition coefficient (Wildman–Crippen LogP) is -0.476. The van der Waals surface area contributed by atoms with Crippen LogP contribution in [0.5, 0.6) is 5.75 Å². The van der Waals surface area contributed by atoms with E-state index in [0.29, 0.717) is 6.92 Å². The molecule has 1 aromatic rings. The maximum absolute atomic E-state index is 14.2. The number of alkyl halides is 5. The molecule has 0 bridgehead atoms. The first-order valence-corrected chi connectivity index (χ1v) is 14.3. The first-order valence-electron chi connectivity index (χ1n) is 14.3. The summed E-state index contributed by atoms with van der Waals surface area (Å²) in [7, 11) is 0. The van der Waals surface area contributed by atoms with Crippen molar-refractivity contribution in [3.63, 3.8) is 0 Å². The van der Waals surface area contributed by atoms with E-state index in [2.05, 4.69) is 10.6 Å². The van der Waals surface area contributed by atoms with Crippen LogP contribution in [0.15, 0.2) is 18.2 Å². The van der Waals surface area contributed by atoms with Gasteiger partial charge in [-0.1, -0.05) is 0 Å². The highest BCUT2D eigenvalue weighted by Gasteiger charge is 2.58. The van der Waals surface area contributed by atoms with E-state index in [0.717, 1.165) is 28.4 Å². The second-order valence-corrected chi connectivity index (χ2v) is 10.7. The average Bonchev–Trinajstić information content (AvgIpc) is 3.09. The fraction of sp³-hybridized carbons (Fsp3) is 0.556. The Labute approximate surface area is 273 Å². The number of alkyl carbamates (subject to hydrolysis) is 1. The molecule has 1 heterocycles. The monoisotopic (exact) mass is 716 g/mol. The summed E-state index contributed by atoms with van der Waals surface area (Å²) >= 11 is 0. The number of nitrogens with zero attached hydrogens (tertiary/aromatic N) is 1. The van der Waals surface area contributed by atoms with Crippen LogP contribution in [0.4, 0.5) is 36.8 Å². The van der Waals surface area contributed by atoms with Crippen molar-refractivity contribution in [2.24, 2.45) is 5.73 Å². The van der Waals surface area contributed by atoms with E-state index in [4.69, 9.17) is 20.3 Å². The molecule has 0 radical (unpaired) electrons. The lowest BCUT2D eigenvalue weighted by molar-refractivity contribution is -0.278. The molecule has 0 unspecified atom stereocenters. The van der Waals surface area contributed by atoms with E-state index in [1.807, 2.05) is 5.32 Å². The predicted molar refractivity (Wildman–Crippen MR) is 153 cm³/mol. The Hall–Kier alpha value is -4.86. The van der Waals surface area contributed by atoms with Crippen molar-refractivity contribution in [2.45, 2.75) is 62.6 Å². The summed E-state index contributed by atoms with van der Waals surface area (Å²) in [5.41, 5.74) is 2.09. The van der Waals surface area contributed by atoms with Gasteiger partial charge in [-0.05, 0) is 32.4 Å². The molecule has 5 amide bonds. The zero-order valence-corrected chi connectivity index (χ0v) is 25.9. The summed E-state index contributed by atoms with van der Waals surface area (Å²) in [4.78, 5) is 74.1. The summed E-state index contributed by atoms with van der Waals surface area (Å²) in [6.07, 6.45) is -8.83. The lowest BCUT2D eigenvalue weighted by Crippen LogP contribution is -2.63. The van der Waals surface area contributed by atoms with E-state index >= 15 is 0 Å². The number of nitrogens with one attached hydrogen (secondary N) is 4. The van der Waals surface area contributed by atoms with Crippen molar-refractivity contribution in [2.75, 3.05) is 37.7 Å². The molecule has 0 spiro atoms. The molecule has 16 nitrogen and oxygen atoms in total. The number of hydrogen-bond donors (Lipinski definition) is 7. The number of carbonyl (C=O) groups is 6. The van der Waals surface area contributed by atoms with Crippen LogP contribution in [0.2, 0.25) is 0 Å². The normalized spacial score (nSPS) is 18.1. The summed E-state index contributed by atoms with van der Waals surface area (Å²) in [5, 5.41) is 26.8. The molecular formula is C27H34F6N6O10. The summed E-state index contributed by atoms with van der Waals surface area (Å²) in [6.45, 7) is -1.90. The molecule has 1 aliphatic rings. The number of fused-ring (bicyclic) bond motifs is 1. The topological polar surface area (TPSA) is 239 Å². The number of amides is 5. The van der Waals surface area contributed by atoms with Crippen LogP contribution in [0.3, 0.4) is 0 Å².